The molecular formula is C26H35FO. The van der Waals surface area contributed by atoms with Crippen LogP contribution in [-0.2, 0) is 0 Å². The van der Waals surface area contributed by atoms with Gasteiger partial charge in [0, 0.05) is 11.0 Å². The first-order chi connectivity index (χ1) is 13.4. The molecule has 0 heterocycles. The summed E-state index contributed by atoms with van der Waals surface area (Å²) in [6.07, 6.45) is 13.3. The molecule has 4 fully saturated rings. The molecule has 0 aliphatic heterocycles. The highest BCUT2D eigenvalue weighted by atomic mass is 19.1. The Morgan fingerprint density at radius 1 is 0.964 bits per heavy atom. The minimum atomic E-state index is -0.421. The van der Waals surface area contributed by atoms with Gasteiger partial charge in [0.2, 0.25) is 0 Å². The van der Waals surface area contributed by atoms with Gasteiger partial charge < -0.3 is 5.11 Å². The van der Waals surface area contributed by atoms with Crippen LogP contribution in [0.1, 0.15) is 77.2 Å². The summed E-state index contributed by atoms with van der Waals surface area (Å²) in [6, 6.07) is 6.96. The lowest BCUT2D eigenvalue weighted by molar-refractivity contribution is -0.119. The smallest absolute Gasteiger partial charge is 0.130 e. The molecule has 1 aromatic carbocycles. The monoisotopic (exact) mass is 382 g/mol. The lowest BCUT2D eigenvalue weighted by Gasteiger charge is -2.60. The van der Waals surface area contributed by atoms with E-state index in [2.05, 4.69) is 13.8 Å². The summed E-state index contributed by atoms with van der Waals surface area (Å²) in [5, 5.41) is 11.3. The van der Waals surface area contributed by atoms with E-state index in [9.17, 15) is 9.50 Å². The van der Waals surface area contributed by atoms with Crippen molar-refractivity contribution in [1.82, 2.24) is 0 Å². The molecule has 2 heteroatoms. The topological polar surface area (TPSA) is 20.2 Å². The largest absolute Gasteiger partial charge is 0.388 e. The molecule has 0 bridgehead atoms. The van der Waals surface area contributed by atoms with Crippen molar-refractivity contribution in [2.45, 2.75) is 77.7 Å². The first-order valence-corrected chi connectivity index (χ1v) is 11.6. The zero-order valence-electron chi connectivity index (χ0n) is 17.5. The van der Waals surface area contributed by atoms with Gasteiger partial charge in [0.05, 0.1) is 6.10 Å². The molecule has 152 valence electrons. The van der Waals surface area contributed by atoms with E-state index < -0.39 is 6.10 Å². The lowest BCUT2D eigenvalue weighted by Crippen LogP contribution is -2.53. The molecule has 7 atom stereocenters. The third kappa shape index (κ3) is 2.66. The average molecular weight is 383 g/mol. The van der Waals surface area contributed by atoms with Crippen molar-refractivity contribution in [2.24, 2.45) is 34.5 Å². The number of benzene rings is 1. The Balaban J connectivity index is 1.47. The highest BCUT2D eigenvalue weighted by molar-refractivity contribution is 5.56. The second kappa shape index (κ2) is 6.69. The van der Waals surface area contributed by atoms with E-state index >= 15 is 0 Å². The fourth-order valence-electron chi connectivity index (χ4n) is 8.09. The number of aliphatic hydroxyl groups excluding tert-OH is 1. The molecule has 5 rings (SSSR count). The summed E-state index contributed by atoms with van der Waals surface area (Å²) in [5.41, 5.74) is 2.18. The minimum Gasteiger partial charge on any atom is -0.388 e. The predicted molar refractivity (Wildman–Crippen MR) is 112 cm³/mol. The molecule has 4 saturated carbocycles. The molecule has 0 unspecified atom stereocenters. The summed E-state index contributed by atoms with van der Waals surface area (Å²) in [6.45, 7) is 4.91. The van der Waals surface area contributed by atoms with Gasteiger partial charge in [0.15, 0.2) is 0 Å². The normalized spacial score (nSPS) is 46.7. The maximum Gasteiger partial charge on any atom is 0.130 e. The second-order valence-corrected chi connectivity index (χ2v) is 10.8. The van der Waals surface area contributed by atoms with E-state index in [1.807, 2.05) is 18.2 Å². The summed E-state index contributed by atoms with van der Waals surface area (Å²) < 4.78 is 14.2. The van der Waals surface area contributed by atoms with E-state index in [-0.39, 0.29) is 11.2 Å². The Bertz CT molecular complexity index is 784. The van der Waals surface area contributed by atoms with E-state index in [0.29, 0.717) is 16.9 Å². The minimum absolute atomic E-state index is 0.0316. The molecule has 1 nitrogen and oxygen atoms in total. The van der Waals surface area contributed by atoms with Crippen LogP contribution < -0.4 is 0 Å². The van der Waals surface area contributed by atoms with E-state index in [1.165, 1.54) is 51.0 Å². The molecule has 28 heavy (non-hydrogen) atoms. The van der Waals surface area contributed by atoms with Gasteiger partial charge in [-0.05, 0) is 85.7 Å². The maximum atomic E-state index is 14.2. The molecule has 0 saturated heterocycles. The van der Waals surface area contributed by atoms with Crippen molar-refractivity contribution >= 4 is 6.08 Å². The van der Waals surface area contributed by atoms with E-state index in [0.717, 1.165) is 36.2 Å². The first kappa shape index (κ1) is 18.9. The molecule has 4 aliphatic rings. The Hall–Kier alpha value is -1.15. The van der Waals surface area contributed by atoms with Crippen LogP contribution >= 0.6 is 0 Å². The zero-order valence-corrected chi connectivity index (χ0v) is 17.5. The second-order valence-electron chi connectivity index (χ2n) is 10.8. The standard InChI is InChI=1S/C26H35FO/c1-25-13-6-5-8-19(25)10-11-20-21(25)12-14-26(2)22(20)16-18(24(26)28)15-17-7-3-4-9-23(17)27/h3-4,7,9,15,19-22,24,28H,5-6,8,10-14,16H2,1-2H3/b18-15-/t19-,20+,21-,22-,24+,25+,26-/m1/s1. The van der Waals surface area contributed by atoms with Gasteiger partial charge in [0.1, 0.15) is 5.82 Å². The molecule has 0 amide bonds. The van der Waals surface area contributed by atoms with Crippen molar-refractivity contribution < 1.29 is 9.50 Å². The maximum absolute atomic E-state index is 14.2. The number of fused-ring (bicyclic) bond motifs is 5. The molecule has 0 radical (unpaired) electrons. The van der Waals surface area contributed by atoms with Gasteiger partial charge in [-0.3, -0.25) is 0 Å². The molecular weight excluding hydrogens is 347 g/mol. The fourth-order valence-corrected chi connectivity index (χ4v) is 8.09. The van der Waals surface area contributed by atoms with Crippen LogP contribution in [0.4, 0.5) is 4.39 Å². The number of halogens is 1. The van der Waals surface area contributed by atoms with Crippen molar-refractivity contribution in [3.63, 3.8) is 0 Å². The number of aliphatic hydroxyl groups is 1. The van der Waals surface area contributed by atoms with Crippen LogP contribution in [0.25, 0.3) is 6.08 Å². The van der Waals surface area contributed by atoms with Crippen LogP contribution in [0, 0.1) is 40.3 Å². The predicted octanol–water partition coefficient (Wildman–Crippen LogP) is 6.61. The SMILES string of the molecule is C[C@]12CCCC[C@@H]1CC[C@H]1[C@H]2CC[C@]2(C)[C@@H]1C/C(=C/c1ccccc1F)[C@@H]2O. The van der Waals surface area contributed by atoms with Crippen molar-refractivity contribution in [1.29, 1.82) is 0 Å². The third-order valence-electron chi connectivity index (χ3n) is 9.70. The Labute approximate surface area is 169 Å². The van der Waals surface area contributed by atoms with Crippen molar-refractivity contribution in [3.05, 3.63) is 41.2 Å². The summed E-state index contributed by atoms with van der Waals surface area (Å²) in [7, 11) is 0. The average Bonchev–Trinajstić information content (AvgIpc) is 2.94. The summed E-state index contributed by atoms with van der Waals surface area (Å²) >= 11 is 0. The van der Waals surface area contributed by atoms with Crippen LogP contribution in [0.5, 0.6) is 0 Å². The quantitative estimate of drug-likeness (QED) is 0.579. The highest BCUT2D eigenvalue weighted by Gasteiger charge is 2.60. The third-order valence-corrected chi connectivity index (χ3v) is 9.70. The van der Waals surface area contributed by atoms with Gasteiger partial charge in [-0.2, -0.15) is 0 Å². The fraction of sp³-hybridized carbons (Fsp3) is 0.692. The number of hydrogen-bond acceptors (Lipinski definition) is 1. The van der Waals surface area contributed by atoms with E-state index in [1.54, 1.807) is 6.07 Å². The Morgan fingerprint density at radius 2 is 1.79 bits per heavy atom. The Kier molecular flexibility index (Phi) is 4.50. The van der Waals surface area contributed by atoms with Gasteiger partial charge in [-0.15, -0.1) is 0 Å². The summed E-state index contributed by atoms with van der Waals surface area (Å²) in [4.78, 5) is 0. The molecule has 0 spiro atoms. The zero-order chi connectivity index (χ0) is 19.5. The molecule has 0 aromatic heterocycles. The van der Waals surface area contributed by atoms with Gasteiger partial charge >= 0.3 is 0 Å². The van der Waals surface area contributed by atoms with E-state index in [4.69, 9.17) is 0 Å². The van der Waals surface area contributed by atoms with Crippen LogP contribution in [-0.4, -0.2) is 11.2 Å². The van der Waals surface area contributed by atoms with Gasteiger partial charge in [0.25, 0.3) is 0 Å². The molecule has 1 N–H and O–H groups in total. The van der Waals surface area contributed by atoms with Crippen LogP contribution in [0.3, 0.4) is 0 Å². The van der Waals surface area contributed by atoms with Crippen LogP contribution in [0.15, 0.2) is 29.8 Å². The molecule has 1 aromatic rings. The summed E-state index contributed by atoms with van der Waals surface area (Å²) in [5.74, 6) is 2.85. The first-order valence-electron chi connectivity index (χ1n) is 11.6. The number of rotatable bonds is 1. The van der Waals surface area contributed by atoms with Gasteiger partial charge in [-0.1, -0.05) is 51.0 Å². The lowest BCUT2D eigenvalue weighted by atomic mass is 9.45. The number of hydrogen-bond donors (Lipinski definition) is 1. The van der Waals surface area contributed by atoms with Crippen molar-refractivity contribution in [3.8, 4) is 0 Å². The molecule has 4 aliphatic carbocycles. The highest BCUT2D eigenvalue weighted by Crippen LogP contribution is 2.67. The van der Waals surface area contributed by atoms with Gasteiger partial charge in [-0.25, -0.2) is 4.39 Å². The Morgan fingerprint density at radius 3 is 2.61 bits per heavy atom. The van der Waals surface area contributed by atoms with Crippen molar-refractivity contribution in [2.75, 3.05) is 0 Å². The van der Waals surface area contributed by atoms with Crippen LogP contribution in [0.2, 0.25) is 0 Å².